The van der Waals surface area contributed by atoms with Crippen molar-refractivity contribution in [3.8, 4) is 0 Å². The van der Waals surface area contributed by atoms with Crippen molar-refractivity contribution in [1.29, 1.82) is 0 Å². The van der Waals surface area contributed by atoms with Crippen LogP contribution in [0.3, 0.4) is 0 Å². The monoisotopic (exact) mass is 322 g/mol. The molecule has 132 valence electrons. The third-order valence-corrected chi connectivity index (χ3v) is 4.77. The van der Waals surface area contributed by atoms with Crippen molar-refractivity contribution in [2.75, 3.05) is 0 Å². The predicted octanol–water partition coefficient (Wildman–Crippen LogP) is 5.10. The van der Waals surface area contributed by atoms with Crippen molar-refractivity contribution >= 4 is 5.97 Å². The molecule has 0 aromatic rings. The molecule has 3 atom stereocenters. The van der Waals surface area contributed by atoms with Crippen LogP contribution in [-0.2, 0) is 4.79 Å². The van der Waals surface area contributed by atoms with Gasteiger partial charge in [-0.1, -0.05) is 56.9 Å². The number of carboxylic acid groups (broad SMARTS) is 1. The molecule has 3 heteroatoms. The zero-order valence-corrected chi connectivity index (χ0v) is 14.6. The van der Waals surface area contributed by atoms with Gasteiger partial charge in [-0.2, -0.15) is 0 Å². The topological polar surface area (TPSA) is 57.5 Å². The van der Waals surface area contributed by atoms with Crippen LogP contribution in [0, 0.1) is 11.8 Å². The largest absolute Gasteiger partial charge is 0.481 e. The first-order chi connectivity index (χ1) is 11.1. The minimum Gasteiger partial charge on any atom is -0.481 e. The summed E-state index contributed by atoms with van der Waals surface area (Å²) >= 11 is 0. The van der Waals surface area contributed by atoms with Crippen LogP contribution in [0.1, 0.15) is 77.6 Å². The average molecular weight is 322 g/mol. The van der Waals surface area contributed by atoms with E-state index in [9.17, 15) is 9.90 Å². The van der Waals surface area contributed by atoms with Crippen LogP contribution in [0.15, 0.2) is 24.3 Å². The average Bonchev–Trinajstić information content (AvgIpc) is 2.96. The molecule has 0 saturated heterocycles. The summed E-state index contributed by atoms with van der Waals surface area (Å²) in [4.78, 5) is 10.4. The summed E-state index contributed by atoms with van der Waals surface area (Å²) in [7, 11) is 0. The van der Waals surface area contributed by atoms with Crippen molar-refractivity contribution in [2.45, 2.75) is 83.7 Å². The van der Waals surface area contributed by atoms with E-state index in [1.165, 1.54) is 32.1 Å². The quantitative estimate of drug-likeness (QED) is 0.388. The lowest BCUT2D eigenvalue weighted by molar-refractivity contribution is -0.137. The fourth-order valence-electron chi connectivity index (χ4n) is 3.34. The van der Waals surface area contributed by atoms with Gasteiger partial charge in [-0.3, -0.25) is 4.79 Å². The number of hydrogen-bond donors (Lipinski definition) is 2. The summed E-state index contributed by atoms with van der Waals surface area (Å²) in [6.45, 7) is 2.18. The van der Waals surface area contributed by atoms with E-state index in [-0.39, 0.29) is 12.5 Å². The molecule has 0 heterocycles. The first kappa shape index (κ1) is 20.0. The van der Waals surface area contributed by atoms with Gasteiger partial charge in [0.1, 0.15) is 0 Å². The van der Waals surface area contributed by atoms with Crippen LogP contribution < -0.4 is 0 Å². The predicted molar refractivity (Wildman–Crippen MR) is 95.4 cm³/mol. The van der Waals surface area contributed by atoms with Crippen molar-refractivity contribution in [1.82, 2.24) is 0 Å². The maximum absolute atomic E-state index is 10.4. The Balaban J connectivity index is 2.24. The Labute approximate surface area is 141 Å². The molecule has 0 radical (unpaired) electrons. The maximum Gasteiger partial charge on any atom is 0.303 e. The zero-order valence-electron chi connectivity index (χ0n) is 14.6. The number of aliphatic hydroxyl groups excluding tert-OH is 1. The molecule has 3 nitrogen and oxygen atoms in total. The van der Waals surface area contributed by atoms with Crippen LogP contribution in [0.5, 0.6) is 0 Å². The first-order valence-electron chi connectivity index (χ1n) is 9.36. The molecule has 0 aromatic carbocycles. The zero-order chi connectivity index (χ0) is 16.9. The number of carboxylic acids is 1. The summed E-state index contributed by atoms with van der Waals surface area (Å²) in [6.07, 6.45) is 19.4. The van der Waals surface area contributed by atoms with Gasteiger partial charge < -0.3 is 10.2 Å². The first-order valence-corrected chi connectivity index (χ1v) is 9.36. The van der Waals surface area contributed by atoms with Crippen molar-refractivity contribution < 1.29 is 15.0 Å². The fraction of sp³-hybridized carbons (Fsp3) is 0.750. The fourth-order valence-corrected chi connectivity index (χ4v) is 3.34. The second-order valence-electron chi connectivity index (χ2n) is 6.80. The van der Waals surface area contributed by atoms with Crippen LogP contribution in [0.4, 0.5) is 0 Å². The lowest BCUT2D eigenvalue weighted by atomic mass is 9.91. The van der Waals surface area contributed by atoms with Gasteiger partial charge in [0.25, 0.3) is 0 Å². The molecule has 1 fully saturated rings. The Hall–Kier alpha value is -1.09. The number of aliphatic hydroxyl groups is 1. The van der Waals surface area contributed by atoms with Gasteiger partial charge in [-0.15, -0.1) is 0 Å². The standard InChI is InChI=1S/C20H34O3/c1-2-3-6-13-19(21)16-15-18-12-9-11-17(18)10-7-4-5-8-14-20(22)23/h4,7,15-19,21H,2-3,5-6,8-14H2,1H3,(H,22,23). The number of rotatable bonds is 12. The number of unbranched alkanes of at least 4 members (excludes halogenated alkanes) is 3. The van der Waals surface area contributed by atoms with Crippen molar-refractivity contribution in [3.05, 3.63) is 24.3 Å². The van der Waals surface area contributed by atoms with Crippen LogP contribution in [0.2, 0.25) is 0 Å². The van der Waals surface area contributed by atoms with Crippen LogP contribution in [0.25, 0.3) is 0 Å². The number of allylic oxidation sites excluding steroid dienone is 3. The van der Waals surface area contributed by atoms with E-state index in [1.807, 2.05) is 6.08 Å². The van der Waals surface area contributed by atoms with Gasteiger partial charge in [0.05, 0.1) is 6.10 Å². The van der Waals surface area contributed by atoms with Gasteiger partial charge in [0, 0.05) is 6.42 Å². The third-order valence-electron chi connectivity index (χ3n) is 4.77. The highest BCUT2D eigenvalue weighted by Crippen LogP contribution is 2.35. The molecule has 23 heavy (non-hydrogen) atoms. The molecular weight excluding hydrogens is 288 g/mol. The van der Waals surface area contributed by atoms with E-state index in [0.717, 1.165) is 32.1 Å². The van der Waals surface area contributed by atoms with E-state index >= 15 is 0 Å². The minimum atomic E-state index is -0.711. The molecule has 3 unspecified atom stereocenters. The second-order valence-corrected chi connectivity index (χ2v) is 6.80. The molecule has 1 aliphatic rings. The number of hydrogen-bond acceptors (Lipinski definition) is 2. The van der Waals surface area contributed by atoms with Gasteiger partial charge in [-0.05, 0) is 50.4 Å². The summed E-state index contributed by atoms with van der Waals surface area (Å²) in [6, 6.07) is 0. The Kier molecular flexibility index (Phi) is 10.7. The highest BCUT2D eigenvalue weighted by molar-refractivity contribution is 5.66. The summed E-state index contributed by atoms with van der Waals surface area (Å²) in [5.41, 5.74) is 0. The number of aliphatic carboxylic acids is 1. The Morgan fingerprint density at radius 2 is 2.04 bits per heavy atom. The van der Waals surface area contributed by atoms with E-state index in [1.54, 1.807) is 0 Å². The molecule has 0 bridgehead atoms. The number of carbonyl (C=O) groups is 1. The highest BCUT2D eigenvalue weighted by atomic mass is 16.4. The Morgan fingerprint density at radius 1 is 1.22 bits per heavy atom. The Morgan fingerprint density at radius 3 is 2.78 bits per heavy atom. The molecule has 1 aliphatic carbocycles. The summed E-state index contributed by atoms with van der Waals surface area (Å²) in [5.74, 6) is 0.571. The minimum absolute atomic E-state index is 0.259. The third kappa shape index (κ3) is 9.60. The lowest BCUT2D eigenvalue weighted by Gasteiger charge is -2.15. The molecule has 2 N–H and O–H groups in total. The summed E-state index contributed by atoms with van der Waals surface area (Å²) < 4.78 is 0. The van der Waals surface area contributed by atoms with Gasteiger partial charge in [-0.25, -0.2) is 0 Å². The van der Waals surface area contributed by atoms with Crippen LogP contribution in [-0.4, -0.2) is 22.3 Å². The van der Waals surface area contributed by atoms with E-state index in [0.29, 0.717) is 11.8 Å². The molecule has 0 amide bonds. The van der Waals surface area contributed by atoms with Crippen molar-refractivity contribution in [2.24, 2.45) is 11.8 Å². The summed E-state index contributed by atoms with van der Waals surface area (Å²) in [5, 5.41) is 18.6. The Bertz CT molecular complexity index is 373. The maximum atomic E-state index is 10.4. The van der Waals surface area contributed by atoms with Gasteiger partial charge in [0.15, 0.2) is 0 Å². The van der Waals surface area contributed by atoms with Gasteiger partial charge in [0.2, 0.25) is 0 Å². The van der Waals surface area contributed by atoms with Gasteiger partial charge >= 0.3 is 5.97 Å². The molecule has 0 spiro atoms. The lowest BCUT2D eigenvalue weighted by Crippen LogP contribution is -2.07. The second kappa shape index (κ2) is 12.3. The van der Waals surface area contributed by atoms with Crippen LogP contribution >= 0.6 is 0 Å². The van der Waals surface area contributed by atoms with E-state index in [4.69, 9.17) is 5.11 Å². The van der Waals surface area contributed by atoms with Crippen molar-refractivity contribution in [3.63, 3.8) is 0 Å². The highest BCUT2D eigenvalue weighted by Gasteiger charge is 2.23. The molecule has 1 rings (SSSR count). The molecule has 0 aliphatic heterocycles. The molecule has 0 aromatic heterocycles. The molecular formula is C20H34O3. The normalized spacial score (nSPS) is 23.0. The smallest absolute Gasteiger partial charge is 0.303 e. The SMILES string of the molecule is CCCCCC(O)C=CC1CCCC1CC=CCCCC(=O)O. The van der Waals surface area contributed by atoms with E-state index < -0.39 is 5.97 Å². The van der Waals surface area contributed by atoms with E-state index in [2.05, 4.69) is 25.2 Å². The molecule has 1 saturated carbocycles.